The summed E-state index contributed by atoms with van der Waals surface area (Å²) in [5.41, 5.74) is 0.485. The fraction of sp³-hybridized carbons (Fsp3) is 0.333. The van der Waals surface area contributed by atoms with Crippen molar-refractivity contribution in [3.05, 3.63) is 27.7 Å². The quantitative estimate of drug-likeness (QED) is 0.780. The van der Waals surface area contributed by atoms with Gasteiger partial charge in [0.05, 0.1) is 5.02 Å². The second-order valence-electron chi connectivity index (χ2n) is 4.29. The van der Waals surface area contributed by atoms with Crippen LogP contribution in [-0.4, -0.2) is 23.1 Å². The van der Waals surface area contributed by atoms with Crippen molar-refractivity contribution in [1.82, 2.24) is 5.32 Å². The second-order valence-corrected chi connectivity index (χ2v) is 5.55. The molecule has 19 heavy (non-hydrogen) atoms. The fourth-order valence-electron chi connectivity index (χ4n) is 1.40. The van der Waals surface area contributed by atoms with Crippen molar-refractivity contribution in [2.24, 2.45) is 5.92 Å². The summed E-state index contributed by atoms with van der Waals surface area (Å²) in [6.45, 7) is 3.44. The first-order chi connectivity index (χ1) is 8.81. The molecule has 0 aliphatic heterocycles. The molecule has 1 aromatic rings. The molecule has 0 bridgehead atoms. The largest absolute Gasteiger partial charge is 0.480 e. The van der Waals surface area contributed by atoms with Gasteiger partial charge in [-0.05, 0) is 40.0 Å². The minimum absolute atomic E-state index is 0.211. The fourth-order valence-corrected chi connectivity index (χ4v) is 1.82. The van der Waals surface area contributed by atoms with E-state index in [1.807, 2.05) is 0 Å². The van der Waals surface area contributed by atoms with Crippen molar-refractivity contribution < 1.29 is 14.7 Å². The summed E-state index contributed by atoms with van der Waals surface area (Å²) >= 11 is 9.13. The first-order valence-corrected chi connectivity index (χ1v) is 6.73. The Morgan fingerprint density at radius 1 is 1.37 bits per heavy atom. The van der Waals surface area contributed by atoms with Crippen molar-refractivity contribution in [3.8, 4) is 0 Å². The summed E-state index contributed by atoms with van der Waals surface area (Å²) in [5.74, 6) is -1.28. The van der Waals surface area contributed by atoms with Crippen molar-refractivity contribution in [2.45, 2.75) is 19.9 Å². The Bertz CT molecular complexity index is 494. The van der Waals surface area contributed by atoms with Crippen LogP contribution in [-0.2, 0) is 4.79 Å². The number of nitrogens with one attached hydrogen (secondary N) is 2. The number of amides is 2. The molecule has 0 radical (unpaired) electrons. The SMILES string of the molecule is CC(C)[C@@H](NC(=O)Nc1ccc(Br)c(Cl)c1)C(=O)O. The van der Waals surface area contributed by atoms with Crippen LogP contribution < -0.4 is 10.6 Å². The summed E-state index contributed by atoms with van der Waals surface area (Å²) in [7, 11) is 0. The van der Waals surface area contributed by atoms with Gasteiger partial charge in [0.2, 0.25) is 0 Å². The average molecular weight is 350 g/mol. The van der Waals surface area contributed by atoms with Crippen LogP contribution in [0.2, 0.25) is 5.02 Å². The molecule has 104 valence electrons. The van der Waals surface area contributed by atoms with Gasteiger partial charge in [0.15, 0.2) is 0 Å². The minimum Gasteiger partial charge on any atom is -0.480 e. The van der Waals surface area contributed by atoms with E-state index in [4.69, 9.17) is 16.7 Å². The Morgan fingerprint density at radius 2 is 2.00 bits per heavy atom. The third kappa shape index (κ3) is 4.72. The van der Waals surface area contributed by atoms with Crippen molar-refractivity contribution in [3.63, 3.8) is 0 Å². The van der Waals surface area contributed by atoms with Gasteiger partial charge in [-0.25, -0.2) is 9.59 Å². The molecular formula is C12H14BrClN2O3. The average Bonchev–Trinajstić information content (AvgIpc) is 2.30. The van der Waals surface area contributed by atoms with Crippen LogP contribution in [0.1, 0.15) is 13.8 Å². The van der Waals surface area contributed by atoms with Gasteiger partial charge >= 0.3 is 12.0 Å². The van der Waals surface area contributed by atoms with Gasteiger partial charge in [-0.3, -0.25) is 0 Å². The number of urea groups is 1. The summed E-state index contributed by atoms with van der Waals surface area (Å²) < 4.78 is 0.714. The van der Waals surface area contributed by atoms with Crippen molar-refractivity contribution in [1.29, 1.82) is 0 Å². The first-order valence-electron chi connectivity index (χ1n) is 5.56. The van der Waals surface area contributed by atoms with E-state index in [9.17, 15) is 9.59 Å². The number of benzene rings is 1. The maximum Gasteiger partial charge on any atom is 0.326 e. The van der Waals surface area contributed by atoms with Crippen LogP contribution in [0.5, 0.6) is 0 Å². The molecule has 0 heterocycles. The number of rotatable bonds is 4. The molecule has 3 N–H and O–H groups in total. The number of aliphatic carboxylic acids is 1. The molecule has 7 heteroatoms. The first kappa shape index (κ1) is 15.8. The number of carbonyl (C=O) groups is 2. The standard InChI is InChI=1S/C12H14BrClN2O3/c1-6(2)10(11(17)18)16-12(19)15-7-3-4-8(13)9(14)5-7/h3-6,10H,1-2H3,(H,17,18)(H2,15,16,19)/t10-/m1/s1. The Labute approximate surface area is 124 Å². The van der Waals surface area contributed by atoms with E-state index >= 15 is 0 Å². The smallest absolute Gasteiger partial charge is 0.326 e. The number of anilines is 1. The zero-order valence-corrected chi connectivity index (χ0v) is 12.7. The van der Waals surface area contributed by atoms with Gasteiger partial charge in [-0.15, -0.1) is 0 Å². The maximum absolute atomic E-state index is 11.7. The molecule has 0 spiro atoms. The Morgan fingerprint density at radius 3 is 2.47 bits per heavy atom. The summed E-state index contributed by atoms with van der Waals surface area (Å²) in [5, 5.41) is 14.3. The Kier molecular flexibility index (Phi) is 5.62. The Hall–Kier alpha value is -1.27. The lowest BCUT2D eigenvalue weighted by atomic mass is 10.1. The number of halogens is 2. The molecule has 0 aliphatic rings. The molecule has 0 unspecified atom stereocenters. The minimum atomic E-state index is -1.07. The van der Waals surface area contributed by atoms with E-state index in [0.717, 1.165) is 0 Å². The van der Waals surface area contributed by atoms with Crippen LogP contribution in [0, 0.1) is 5.92 Å². The molecular weight excluding hydrogens is 336 g/mol. The molecule has 2 amide bonds. The third-order valence-corrected chi connectivity index (χ3v) is 3.63. The van der Waals surface area contributed by atoms with Crippen LogP contribution in [0.15, 0.2) is 22.7 Å². The van der Waals surface area contributed by atoms with Gasteiger partial charge in [0.1, 0.15) is 6.04 Å². The lowest BCUT2D eigenvalue weighted by Crippen LogP contribution is -2.46. The van der Waals surface area contributed by atoms with Gasteiger partial charge in [0, 0.05) is 10.2 Å². The normalized spacial score (nSPS) is 12.1. The summed E-state index contributed by atoms with van der Waals surface area (Å²) in [6.07, 6.45) is 0. The highest BCUT2D eigenvalue weighted by atomic mass is 79.9. The van der Waals surface area contributed by atoms with Crippen LogP contribution in [0.4, 0.5) is 10.5 Å². The number of carboxylic acids is 1. The van der Waals surface area contributed by atoms with Gasteiger partial charge in [-0.2, -0.15) is 0 Å². The van der Waals surface area contributed by atoms with Crippen molar-refractivity contribution in [2.75, 3.05) is 5.32 Å². The maximum atomic E-state index is 11.7. The molecule has 0 fully saturated rings. The zero-order chi connectivity index (χ0) is 14.6. The molecule has 1 atom stereocenters. The number of carbonyl (C=O) groups excluding carboxylic acids is 1. The van der Waals surface area contributed by atoms with Crippen LogP contribution >= 0.6 is 27.5 Å². The highest BCUT2D eigenvalue weighted by Crippen LogP contribution is 2.25. The molecule has 1 aromatic carbocycles. The number of hydrogen-bond donors (Lipinski definition) is 3. The van der Waals surface area contributed by atoms with E-state index in [2.05, 4.69) is 26.6 Å². The molecule has 5 nitrogen and oxygen atoms in total. The second kappa shape index (κ2) is 6.77. The predicted molar refractivity (Wildman–Crippen MR) is 77.6 cm³/mol. The lowest BCUT2D eigenvalue weighted by molar-refractivity contribution is -0.140. The van der Waals surface area contributed by atoms with E-state index < -0.39 is 18.0 Å². The summed E-state index contributed by atoms with van der Waals surface area (Å²) in [4.78, 5) is 22.6. The third-order valence-electron chi connectivity index (χ3n) is 2.40. The van der Waals surface area contributed by atoms with E-state index in [-0.39, 0.29) is 5.92 Å². The number of hydrogen-bond acceptors (Lipinski definition) is 2. The zero-order valence-electron chi connectivity index (χ0n) is 10.4. The molecule has 0 aromatic heterocycles. The van der Waals surface area contributed by atoms with E-state index in [0.29, 0.717) is 15.2 Å². The lowest BCUT2D eigenvalue weighted by Gasteiger charge is -2.18. The predicted octanol–water partition coefficient (Wildman–Crippen LogP) is 3.33. The van der Waals surface area contributed by atoms with E-state index in [1.54, 1.807) is 32.0 Å². The molecule has 0 aliphatic carbocycles. The van der Waals surface area contributed by atoms with E-state index in [1.165, 1.54) is 0 Å². The van der Waals surface area contributed by atoms with Crippen molar-refractivity contribution >= 4 is 45.2 Å². The van der Waals surface area contributed by atoms with Gasteiger partial charge in [0.25, 0.3) is 0 Å². The van der Waals surface area contributed by atoms with Crippen LogP contribution in [0.25, 0.3) is 0 Å². The van der Waals surface area contributed by atoms with Gasteiger partial charge < -0.3 is 15.7 Å². The monoisotopic (exact) mass is 348 g/mol. The summed E-state index contributed by atoms with van der Waals surface area (Å²) in [6, 6.07) is 3.39. The molecule has 0 saturated heterocycles. The number of carboxylic acid groups (broad SMARTS) is 1. The van der Waals surface area contributed by atoms with Crippen LogP contribution in [0.3, 0.4) is 0 Å². The molecule has 1 rings (SSSR count). The highest BCUT2D eigenvalue weighted by molar-refractivity contribution is 9.10. The van der Waals surface area contributed by atoms with Gasteiger partial charge in [-0.1, -0.05) is 25.4 Å². The Balaban J connectivity index is 2.69. The molecule has 0 saturated carbocycles. The highest BCUT2D eigenvalue weighted by Gasteiger charge is 2.23. The topological polar surface area (TPSA) is 78.4 Å².